The number of nitrogens with one attached hydrogen (secondary N) is 3. The molecule has 0 fully saturated rings. The zero-order valence-corrected chi connectivity index (χ0v) is 6.20. The number of H-pyrrole nitrogens is 2. The van der Waals surface area contributed by atoms with Crippen LogP contribution in [-0.2, 0) is 0 Å². The Morgan fingerprint density at radius 2 is 2.33 bits per heavy atom. The summed E-state index contributed by atoms with van der Waals surface area (Å²) in [6.45, 7) is 0.365. The number of hydrogen-bond donors (Lipinski definition) is 4. The Morgan fingerprint density at radius 1 is 1.58 bits per heavy atom. The van der Waals surface area contributed by atoms with E-state index in [1.807, 2.05) is 4.98 Å². The molecular formula is C5H9N5O2. The average Bonchev–Trinajstić information content (AvgIpc) is 2.31. The molecule has 0 bridgehead atoms. The fourth-order valence-corrected chi connectivity index (χ4v) is 0.657. The molecule has 1 aromatic heterocycles. The van der Waals surface area contributed by atoms with E-state index >= 15 is 0 Å². The van der Waals surface area contributed by atoms with Crippen LogP contribution in [0.3, 0.4) is 0 Å². The smallest absolute Gasteiger partial charge is 0.363 e. The summed E-state index contributed by atoms with van der Waals surface area (Å²) in [5.41, 5.74) is 6.55. The molecule has 0 aromatic carbocycles. The van der Waals surface area contributed by atoms with Gasteiger partial charge in [0.2, 0.25) is 0 Å². The second-order valence-electron chi connectivity index (χ2n) is 2.00. The predicted octanol–water partition coefficient (Wildman–Crippen LogP) is -2.12. The molecule has 5 N–H and O–H groups in total. The van der Waals surface area contributed by atoms with Crippen LogP contribution in [0.4, 0.5) is 0 Å². The Kier molecular flexibility index (Phi) is 2.36. The van der Waals surface area contributed by atoms with Gasteiger partial charge in [-0.2, -0.15) is 0 Å². The number of aromatic amines is 2. The van der Waals surface area contributed by atoms with Gasteiger partial charge >= 0.3 is 11.4 Å². The molecule has 0 spiro atoms. The van der Waals surface area contributed by atoms with E-state index in [1.54, 1.807) is 6.08 Å². The minimum absolute atomic E-state index is 0.365. The Bertz CT molecular complexity index is 370. The number of nitrogens with two attached hydrogens (primary N) is 1. The van der Waals surface area contributed by atoms with E-state index in [9.17, 15) is 9.59 Å². The van der Waals surface area contributed by atoms with Gasteiger partial charge in [0.25, 0.3) is 0 Å². The summed E-state index contributed by atoms with van der Waals surface area (Å²) >= 11 is 0. The SMILES string of the molecule is NC=CCNn1[nH]c(=O)[nH]c1=O. The average molecular weight is 171 g/mol. The molecule has 0 saturated carbocycles. The molecule has 7 nitrogen and oxygen atoms in total. The summed E-state index contributed by atoms with van der Waals surface area (Å²) in [5, 5.41) is 2.21. The molecule has 1 aromatic rings. The van der Waals surface area contributed by atoms with Crippen molar-refractivity contribution in [3.05, 3.63) is 33.2 Å². The highest BCUT2D eigenvalue weighted by Crippen LogP contribution is 1.63. The lowest BCUT2D eigenvalue weighted by atomic mass is 10.6. The summed E-state index contributed by atoms with van der Waals surface area (Å²) < 4.78 is 0. The molecule has 7 heteroatoms. The van der Waals surface area contributed by atoms with Crippen LogP contribution in [-0.4, -0.2) is 21.4 Å². The van der Waals surface area contributed by atoms with Gasteiger partial charge in [-0.15, -0.1) is 4.79 Å². The van der Waals surface area contributed by atoms with Gasteiger partial charge in [-0.3, -0.25) is 4.98 Å². The minimum atomic E-state index is -0.552. The van der Waals surface area contributed by atoms with E-state index in [0.29, 0.717) is 6.54 Å². The van der Waals surface area contributed by atoms with Gasteiger partial charge in [0, 0.05) is 0 Å². The van der Waals surface area contributed by atoms with E-state index in [2.05, 4.69) is 10.5 Å². The van der Waals surface area contributed by atoms with Crippen molar-refractivity contribution >= 4 is 0 Å². The molecule has 0 aliphatic rings. The molecule has 0 unspecified atom stereocenters. The molecule has 0 amide bonds. The predicted molar refractivity (Wildman–Crippen MR) is 43.2 cm³/mol. The quantitative estimate of drug-likeness (QED) is 0.417. The van der Waals surface area contributed by atoms with Crippen molar-refractivity contribution in [2.45, 2.75) is 0 Å². The van der Waals surface area contributed by atoms with Gasteiger partial charge in [-0.25, -0.2) is 14.7 Å². The van der Waals surface area contributed by atoms with Crippen LogP contribution in [0.2, 0.25) is 0 Å². The summed E-state index contributed by atoms with van der Waals surface area (Å²) in [5.74, 6) is 0. The van der Waals surface area contributed by atoms with Crippen LogP contribution in [0.5, 0.6) is 0 Å². The molecule has 0 atom stereocenters. The summed E-state index contributed by atoms with van der Waals surface area (Å²) in [6.07, 6.45) is 2.93. The summed E-state index contributed by atoms with van der Waals surface area (Å²) in [6, 6.07) is 0. The van der Waals surface area contributed by atoms with Gasteiger partial charge in [0.05, 0.1) is 6.54 Å². The zero-order chi connectivity index (χ0) is 8.97. The van der Waals surface area contributed by atoms with Gasteiger partial charge in [0.1, 0.15) is 0 Å². The second-order valence-corrected chi connectivity index (χ2v) is 2.00. The van der Waals surface area contributed by atoms with Crippen molar-refractivity contribution in [2.24, 2.45) is 5.73 Å². The van der Waals surface area contributed by atoms with Crippen LogP contribution in [0.1, 0.15) is 0 Å². The Morgan fingerprint density at radius 3 is 2.83 bits per heavy atom. The van der Waals surface area contributed by atoms with Crippen molar-refractivity contribution < 1.29 is 0 Å². The van der Waals surface area contributed by atoms with E-state index in [0.717, 1.165) is 4.79 Å². The number of nitrogens with zero attached hydrogens (tertiary/aromatic N) is 1. The van der Waals surface area contributed by atoms with Crippen LogP contribution >= 0.6 is 0 Å². The van der Waals surface area contributed by atoms with E-state index in [-0.39, 0.29) is 0 Å². The first-order valence-corrected chi connectivity index (χ1v) is 3.26. The van der Waals surface area contributed by atoms with E-state index < -0.39 is 11.4 Å². The van der Waals surface area contributed by atoms with Gasteiger partial charge in [-0.05, 0) is 12.3 Å². The van der Waals surface area contributed by atoms with Crippen molar-refractivity contribution in [2.75, 3.05) is 12.0 Å². The first-order valence-electron chi connectivity index (χ1n) is 3.26. The highest BCUT2D eigenvalue weighted by Gasteiger charge is 1.94. The molecule has 1 rings (SSSR count). The largest absolute Gasteiger partial charge is 0.405 e. The van der Waals surface area contributed by atoms with Crippen molar-refractivity contribution in [3.63, 3.8) is 0 Å². The molecule has 0 aliphatic heterocycles. The van der Waals surface area contributed by atoms with E-state index in [4.69, 9.17) is 5.73 Å². The van der Waals surface area contributed by atoms with Crippen LogP contribution in [0.15, 0.2) is 21.9 Å². The first-order chi connectivity index (χ1) is 5.74. The number of hydrogen-bond acceptors (Lipinski definition) is 4. The van der Waals surface area contributed by atoms with Gasteiger partial charge in [0.15, 0.2) is 0 Å². The highest BCUT2D eigenvalue weighted by atomic mass is 16.2. The maximum atomic E-state index is 10.8. The van der Waals surface area contributed by atoms with Crippen molar-refractivity contribution in [3.8, 4) is 0 Å². The molecule has 0 aliphatic carbocycles. The fourth-order valence-electron chi connectivity index (χ4n) is 0.657. The van der Waals surface area contributed by atoms with Gasteiger partial charge < -0.3 is 11.2 Å². The molecule has 66 valence electrons. The van der Waals surface area contributed by atoms with Crippen LogP contribution < -0.4 is 22.5 Å². The third kappa shape index (κ3) is 1.78. The molecule has 12 heavy (non-hydrogen) atoms. The third-order valence-corrected chi connectivity index (χ3v) is 1.14. The minimum Gasteiger partial charge on any atom is -0.405 e. The lowest BCUT2D eigenvalue weighted by molar-refractivity contribution is 0.724. The highest BCUT2D eigenvalue weighted by molar-refractivity contribution is 4.84. The van der Waals surface area contributed by atoms with Crippen LogP contribution in [0, 0.1) is 0 Å². The monoisotopic (exact) mass is 171 g/mol. The third-order valence-electron chi connectivity index (χ3n) is 1.14. The normalized spacial score (nSPS) is 10.7. The topological polar surface area (TPSA) is 109 Å². The maximum Gasteiger partial charge on any atom is 0.363 e. The fraction of sp³-hybridized carbons (Fsp3) is 0.200. The van der Waals surface area contributed by atoms with E-state index in [1.165, 1.54) is 6.20 Å². The zero-order valence-electron chi connectivity index (χ0n) is 6.20. The molecule has 1 heterocycles. The maximum absolute atomic E-state index is 10.8. The van der Waals surface area contributed by atoms with Gasteiger partial charge in [-0.1, -0.05) is 0 Å². The number of aromatic nitrogens is 3. The lowest BCUT2D eigenvalue weighted by Crippen LogP contribution is -2.28. The molecular weight excluding hydrogens is 162 g/mol. The number of rotatable bonds is 3. The van der Waals surface area contributed by atoms with Crippen molar-refractivity contribution in [1.29, 1.82) is 0 Å². The molecule has 0 saturated heterocycles. The van der Waals surface area contributed by atoms with Crippen molar-refractivity contribution in [1.82, 2.24) is 14.9 Å². The summed E-state index contributed by atoms with van der Waals surface area (Å²) in [4.78, 5) is 24.3. The Balaban J connectivity index is 2.69. The lowest BCUT2D eigenvalue weighted by Gasteiger charge is -1.98. The standard InChI is InChI=1S/C5H9N5O2/c6-2-1-3-7-10-5(12)8-4(11)9-10/h1-2,7H,3,6H2,(H2,8,9,11,12). The first kappa shape index (κ1) is 8.18. The second kappa shape index (κ2) is 3.46. The Hall–Kier alpha value is -1.92. The van der Waals surface area contributed by atoms with Crippen LogP contribution in [0.25, 0.3) is 0 Å². The molecule has 0 radical (unpaired) electrons. The Labute approximate surface area is 66.8 Å². The summed E-state index contributed by atoms with van der Waals surface area (Å²) in [7, 11) is 0.